The number of nitriles is 1. The van der Waals surface area contributed by atoms with Crippen molar-refractivity contribution in [2.45, 2.75) is 19.4 Å². The third-order valence-corrected chi connectivity index (χ3v) is 2.92. The smallest absolute Gasteiger partial charge is 0.0912 e. The highest BCUT2D eigenvalue weighted by atomic mass is 15.1. The minimum absolute atomic E-state index is 0.947. The zero-order valence-corrected chi connectivity index (χ0v) is 9.39. The molecule has 1 fully saturated rings. The van der Waals surface area contributed by atoms with Crippen LogP contribution in [0.15, 0.2) is 42.0 Å². The van der Waals surface area contributed by atoms with Gasteiger partial charge in [-0.15, -0.1) is 0 Å². The van der Waals surface area contributed by atoms with Crippen LogP contribution in [-0.4, -0.2) is 18.0 Å². The number of rotatable bonds is 2. The average Bonchev–Trinajstić information content (AvgIpc) is 2.31. The van der Waals surface area contributed by atoms with Crippen LogP contribution >= 0.6 is 0 Å². The fourth-order valence-electron chi connectivity index (χ4n) is 2.16. The Morgan fingerprint density at radius 3 is 2.88 bits per heavy atom. The van der Waals surface area contributed by atoms with Crippen molar-refractivity contribution < 1.29 is 0 Å². The minimum atomic E-state index is 0.947. The maximum absolute atomic E-state index is 8.65. The van der Waals surface area contributed by atoms with Crippen LogP contribution in [0.1, 0.15) is 18.4 Å². The first-order valence-corrected chi connectivity index (χ1v) is 5.72. The predicted octanol–water partition coefficient (Wildman–Crippen LogP) is 2.73. The second kappa shape index (κ2) is 5.48. The van der Waals surface area contributed by atoms with Gasteiger partial charge in [-0.3, -0.25) is 4.90 Å². The van der Waals surface area contributed by atoms with Crippen molar-refractivity contribution in [3.8, 4) is 6.07 Å². The van der Waals surface area contributed by atoms with Gasteiger partial charge in [0.2, 0.25) is 0 Å². The fraction of sp³-hybridized carbons (Fsp3) is 0.357. The van der Waals surface area contributed by atoms with Gasteiger partial charge in [0.25, 0.3) is 0 Å². The van der Waals surface area contributed by atoms with Crippen LogP contribution in [0.4, 0.5) is 0 Å². The molecule has 0 aliphatic carbocycles. The Bertz CT molecular complexity index is 400. The summed E-state index contributed by atoms with van der Waals surface area (Å²) in [5.41, 5.74) is 2.62. The van der Waals surface area contributed by atoms with Gasteiger partial charge in [-0.05, 0) is 30.5 Å². The Balaban J connectivity index is 1.96. The largest absolute Gasteiger partial charge is 0.295 e. The van der Waals surface area contributed by atoms with Gasteiger partial charge in [0.1, 0.15) is 0 Å². The number of piperidine rings is 1. The van der Waals surface area contributed by atoms with Crippen molar-refractivity contribution in [1.82, 2.24) is 4.90 Å². The molecule has 0 bridgehead atoms. The zero-order chi connectivity index (χ0) is 11.2. The van der Waals surface area contributed by atoms with E-state index >= 15 is 0 Å². The number of hydrogen-bond donors (Lipinski definition) is 0. The lowest BCUT2D eigenvalue weighted by atomic mass is 10.0. The standard InChI is InChI=1S/C14H16N2/c15-9-8-14-7-4-10-16(12-14)11-13-5-2-1-3-6-13/h1-3,5-6,8H,4,7,10-12H2/b14-8-. The maximum Gasteiger partial charge on any atom is 0.0912 e. The fourth-order valence-corrected chi connectivity index (χ4v) is 2.16. The Hall–Kier alpha value is -1.59. The molecular weight excluding hydrogens is 196 g/mol. The Morgan fingerprint density at radius 1 is 1.31 bits per heavy atom. The van der Waals surface area contributed by atoms with Crippen molar-refractivity contribution in [2.75, 3.05) is 13.1 Å². The molecule has 0 amide bonds. The Labute approximate surface area is 96.8 Å². The molecule has 0 unspecified atom stereocenters. The molecule has 0 saturated carbocycles. The van der Waals surface area contributed by atoms with Crippen LogP contribution in [0, 0.1) is 11.3 Å². The second-order valence-corrected chi connectivity index (χ2v) is 4.23. The van der Waals surface area contributed by atoms with E-state index in [1.165, 1.54) is 17.6 Å². The lowest BCUT2D eigenvalue weighted by Gasteiger charge is -2.28. The molecule has 1 aromatic rings. The molecule has 0 aromatic heterocycles. The van der Waals surface area contributed by atoms with E-state index in [1.54, 1.807) is 6.08 Å². The van der Waals surface area contributed by atoms with Crippen LogP contribution in [0.3, 0.4) is 0 Å². The number of benzene rings is 1. The molecular formula is C14H16N2. The predicted molar refractivity (Wildman–Crippen MR) is 64.6 cm³/mol. The molecule has 16 heavy (non-hydrogen) atoms. The summed E-state index contributed by atoms with van der Waals surface area (Å²) < 4.78 is 0. The van der Waals surface area contributed by atoms with Gasteiger partial charge >= 0.3 is 0 Å². The number of nitrogens with zero attached hydrogens (tertiary/aromatic N) is 2. The van der Waals surface area contributed by atoms with Crippen molar-refractivity contribution >= 4 is 0 Å². The number of likely N-dealkylation sites (tertiary alicyclic amines) is 1. The highest BCUT2D eigenvalue weighted by molar-refractivity contribution is 5.18. The third kappa shape index (κ3) is 2.95. The monoisotopic (exact) mass is 212 g/mol. The summed E-state index contributed by atoms with van der Waals surface area (Å²) in [6.45, 7) is 3.07. The van der Waals surface area contributed by atoms with Crippen LogP contribution in [0.5, 0.6) is 0 Å². The summed E-state index contributed by atoms with van der Waals surface area (Å²) in [5, 5.41) is 8.65. The molecule has 1 heterocycles. The van der Waals surface area contributed by atoms with Gasteiger partial charge in [0.05, 0.1) is 6.07 Å². The van der Waals surface area contributed by atoms with Gasteiger partial charge in [-0.1, -0.05) is 30.3 Å². The summed E-state index contributed by atoms with van der Waals surface area (Å²) in [7, 11) is 0. The van der Waals surface area contributed by atoms with Crippen molar-refractivity contribution in [3.63, 3.8) is 0 Å². The molecule has 0 atom stereocenters. The first-order chi connectivity index (χ1) is 7.88. The molecule has 0 spiro atoms. The first kappa shape index (κ1) is 10.9. The summed E-state index contributed by atoms with van der Waals surface area (Å²) in [6, 6.07) is 12.6. The Morgan fingerprint density at radius 2 is 2.12 bits per heavy atom. The van der Waals surface area contributed by atoms with E-state index in [2.05, 4.69) is 35.2 Å². The maximum atomic E-state index is 8.65. The van der Waals surface area contributed by atoms with Crippen molar-refractivity contribution in [2.24, 2.45) is 0 Å². The third-order valence-electron chi connectivity index (χ3n) is 2.92. The van der Waals surface area contributed by atoms with Crippen LogP contribution < -0.4 is 0 Å². The highest BCUT2D eigenvalue weighted by Crippen LogP contribution is 2.17. The van der Waals surface area contributed by atoms with E-state index < -0.39 is 0 Å². The lowest BCUT2D eigenvalue weighted by Crippen LogP contribution is -2.30. The molecule has 82 valence electrons. The van der Waals surface area contributed by atoms with Crippen molar-refractivity contribution in [3.05, 3.63) is 47.5 Å². The van der Waals surface area contributed by atoms with Crippen molar-refractivity contribution in [1.29, 1.82) is 5.26 Å². The van der Waals surface area contributed by atoms with Gasteiger partial charge in [-0.2, -0.15) is 5.26 Å². The summed E-state index contributed by atoms with van der Waals surface area (Å²) in [6.07, 6.45) is 3.95. The normalized spacial score (nSPS) is 19.6. The molecule has 2 nitrogen and oxygen atoms in total. The molecule has 2 heteroatoms. The second-order valence-electron chi connectivity index (χ2n) is 4.23. The number of allylic oxidation sites excluding steroid dienone is 1. The first-order valence-electron chi connectivity index (χ1n) is 5.72. The molecule has 0 N–H and O–H groups in total. The van der Waals surface area contributed by atoms with Crippen LogP contribution in [-0.2, 0) is 6.54 Å². The summed E-state index contributed by atoms with van der Waals surface area (Å²) in [5.74, 6) is 0. The van der Waals surface area contributed by atoms with Crippen LogP contribution in [0.2, 0.25) is 0 Å². The topological polar surface area (TPSA) is 27.0 Å². The van der Waals surface area contributed by atoms with Gasteiger partial charge < -0.3 is 0 Å². The molecule has 2 rings (SSSR count). The van der Waals surface area contributed by atoms with E-state index in [1.807, 2.05) is 6.07 Å². The van der Waals surface area contributed by atoms with E-state index in [-0.39, 0.29) is 0 Å². The molecule has 1 aromatic carbocycles. The summed E-state index contributed by atoms with van der Waals surface area (Å²) >= 11 is 0. The van der Waals surface area contributed by atoms with Crippen LogP contribution in [0.25, 0.3) is 0 Å². The van der Waals surface area contributed by atoms with E-state index in [0.29, 0.717) is 0 Å². The SMILES string of the molecule is N#C/C=C1/CCCN(Cc2ccccc2)C1. The molecule has 1 aliphatic rings. The number of hydrogen-bond acceptors (Lipinski definition) is 2. The van der Waals surface area contributed by atoms with Gasteiger partial charge in [0.15, 0.2) is 0 Å². The van der Waals surface area contributed by atoms with E-state index in [9.17, 15) is 0 Å². The zero-order valence-electron chi connectivity index (χ0n) is 9.39. The van der Waals surface area contributed by atoms with Gasteiger partial charge in [0, 0.05) is 19.2 Å². The lowest BCUT2D eigenvalue weighted by molar-refractivity contribution is 0.258. The Kier molecular flexibility index (Phi) is 3.74. The highest BCUT2D eigenvalue weighted by Gasteiger charge is 2.13. The van der Waals surface area contributed by atoms with E-state index in [0.717, 1.165) is 26.1 Å². The molecule has 0 radical (unpaired) electrons. The minimum Gasteiger partial charge on any atom is -0.295 e. The average molecular weight is 212 g/mol. The summed E-state index contributed by atoms with van der Waals surface area (Å²) in [4.78, 5) is 2.40. The van der Waals surface area contributed by atoms with Gasteiger partial charge in [-0.25, -0.2) is 0 Å². The molecule has 1 saturated heterocycles. The molecule has 1 aliphatic heterocycles. The van der Waals surface area contributed by atoms with E-state index in [4.69, 9.17) is 5.26 Å². The quantitative estimate of drug-likeness (QED) is 0.705.